The molecular weight excluding hydrogens is 460 g/mol. The van der Waals surface area contributed by atoms with Crippen molar-refractivity contribution in [2.24, 2.45) is 0 Å². The molecule has 9 heteroatoms. The van der Waals surface area contributed by atoms with Crippen molar-refractivity contribution in [1.29, 1.82) is 0 Å². The summed E-state index contributed by atoms with van der Waals surface area (Å²) < 4.78 is 28.1. The first-order valence-corrected chi connectivity index (χ1v) is 13.6. The van der Waals surface area contributed by atoms with Gasteiger partial charge in [0.05, 0.1) is 10.6 Å². The molecule has 0 N–H and O–H groups in total. The van der Waals surface area contributed by atoms with E-state index < -0.39 is 10.0 Å². The number of fused-ring (bicyclic) bond motifs is 1. The second-order valence-corrected chi connectivity index (χ2v) is 10.9. The highest BCUT2D eigenvalue weighted by molar-refractivity contribution is 7.89. The molecule has 184 valence electrons. The summed E-state index contributed by atoms with van der Waals surface area (Å²) >= 11 is 0. The molecule has 1 saturated heterocycles. The topological polar surface area (TPSA) is 72.9 Å². The molecule has 0 spiro atoms. The second kappa shape index (κ2) is 9.83. The normalized spacial score (nSPS) is 16.7. The van der Waals surface area contributed by atoms with Gasteiger partial charge >= 0.3 is 0 Å². The Labute approximate surface area is 207 Å². The average molecular weight is 493 g/mol. The van der Waals surface area contributed by atoms with Crippen LogP contribution in [0.3, 0.4) is 0 Å². The van der Waals surface area contributed by atoms with Gasteiger partial charge in [0.15, 0.2) is 0 Å². The van der Waals surface area contributed by atoms with Crippen LogP contribution in [0.25, 0.3) is 0 Å². The number of benzene rings is 2. The number of para-hydroxylation sites is 1. The highest BCUT2D eigenvalue weighted by Gasteiger charge is 2.32. The third-order valence-corrected chi connectivity index (χ3v) is 8.75. The lowest BCUT2D eigenvalue weighted by Gasteiger charge is -2.37. The number of aromatic nitrogens is 2. The van der Waals surface area contributed by atoms with Gasteiger partial charge in [-0.2, -0.15) is 9.29 Å². The van der Waals surface area contributed by atoms with Gasteiger partial charge < -0.3 is 14.7 Å². The minimum absolute atomic E-state index is 0.286. The highest BCUT2D eigenvalue weighted by Crippen LogP contribution is 2.31. The summed E-state index contributed by atoms with van der Waals surface area (Å²) in [7, 11) is -1.57. The number of nitrogens with zero attached hydrogens (tertiary/aromatic N) is 6. The van der Waals surface area contributed by atoms with Crippen molar-refractivity contribution in [1.82, 2.24) is 14.3 Å². The van der Waals surface area contributed by atoms with Gasteiger partial charge in [0.1, 0.15) is 5.82 Å². The van der Waals surface area contributed by atoms with E-state index in [0.29, 0.717) is 17.9 Å². The zero-order chi connectivity index (χ0) is 24.4. The molecule has 0 aliphatic carbocycles. The molecule has 2 aliphatic rings. The summed E-state index contributed by atoms with van der Waals surface area (Å²) in [5.41, 5.74) is 3.10. The van der Waals surface area contributed by atoms with Crippen molar-refractivity contribution in [2.45, 2.75) is 24.8 Å². The van der Waals surface area contributed by atoms with Gasteiger partial charge in [0.2, 0.25) is 16.0 Å². The molecule has 0 saturated carbocycles. The van der Waals surface area contributed by atoms with E-state index in [4.69, 9.17) is 9.97 Å². The Morgan fingerprint density at radius 1 is 0.857 bits per heavy atom. The van der Waals surface area contributed by atoms with Crippen LogP contribution >= 0.6 is 0 Å². The maximum atomic E-state index is 13.3. The van der Waals surface area contributed by atoms with Gasteiger partial charge in [-0.05, 0) is 31.2 Å². The molecule has 2 aliphatic heterocycles. The molecule has 0 atom stereocenters. The Morgan fingerprint density at radius 3 is 2.14 bits per heavy atom. The van der Waals surface area contributed by atoms with Crippen LogP contribution in [0.4, 0.5) is 17.5 Å². The van der Waals surface area contributed by atoms with Gasteiger partial charge in [-0.25, -0.2) is 13.4 Å². The van der Waals surface area contributed by atoms with Gasteiger partial charge in [-0.3, -0.25) is 0 Å². The summed E-state index contributed by atoms with van der Waals surface area (Å²) in [4.78, 5) is 17.0. The zero-order valence-corrected chi connectivity index (χ0v) is 21.2. The Balaban J connectivity index is 1.40. The van der Waals surface area contributed by atoms with Crippen molar-refractivity contribution >= 4 is 27.5 Å². The number of piperazine rings is 1. The Morgan fingerprint density at radius 2 is 1.49 bits per heavy atom. The fourth-order valence-corrected chi connectivity index (χ4v) is 6.15. The van der Waals surface area contributed by atoms with Crippen LogP contribution in [0.5, 0.6) is 0 Å². The van der Waals surface area contributed by atoms with E-state index in [1.807, 2.05) is 19.2 Å². The van der Waals surface area contributed by atoms with Crippen LogP contribution in [0.15, 0.2) is 65.6 Å². The molecule has 0 bridgehead atoms. The SMILES string of the molecule is CCN(C)c1nc(N2CCN(c3ccccc3)CC2)nc2c1CN(S(=O)(=O)c1ccccc1)CC2. The molecule has 35 heavy (non-hydrogen) atoms. The molecule has 3 aromatic rings. The van der Waals surface area contributed by atoms with Gasteiger partial charge in [-0.15, -0.1) is 0 Å². The van der Waals surface area contributed by atoms with E-state index in [1.54, 1.807) is 28.6 Å². The van der Waals surface area contributed by atoms with Gasteiger partial charge in [-0.1, -0.05) is 36.4 Å². The summed E-state index contributed by atoms with van der Waals surface area (Å²) in [5, 5.41) is 0. The number of rotatable bonds is 6. The average Bonchev–Trinajstić information content (AvgIpc) is 2.92. The summed E-state index contributed by atoms with van der Waals surface area (Å²) in [6.07, 6.45) is 0.575. The van der Waals surface area contributed by atoms with Crippen LogP contribution in [0, 0.1) is 0 Å². The van der Waals surface area contributed by atoms with Crippen LogP contribution in [-0.4, -0.2) is 69.0 Å². The van der Waals surface area contributed by atoms with Crippen molar-refractivity contribution in [3.8, 4) is 0 Å². The first-order valence-electron chi connectivity index (χ1n) is 12.2. The molecule has 2 aromatic carbocycles. The van der Waals surface area contributed by atoms with Crippen LogP contribution in [-0.2, 0) is 23.0 Å². The van der Waals surface area contributed by atoms with E-state index >= 15 is 0 Å². The smallest absolute Gasteiger partial charge is 0.243 e. The van der Waals surface area contributed by atoms with E-state index in [1.165, 1.54) is 5.69 Å². The maximum absolute atomic E-state index is 13.3. The summed E-state index contributed by atoms with van der Waals surface area (Å²) in [6.45, 7) is 7.06. The predicted octanol–water partition coefficient (Wildman–Crippen LogP) is 3.01. The zero-order valence-electron chi connectivity index (χ0n) is 20.3. The first kappa shape index (κ1) is 23.6. The van der Waals surface area contributed by atoms with E-state index in [2.05, 4.69) is 45.9 Å². The molecule has 5 rings (SSSR count). The predicted molar refractivity (Wildman–Crippen MR) is 140 cm³/mol. The summed E-state index contributed by atoms with van der Waals surface area (Å²) in [5.74, 6) is 1.57. The third kappa shape index (κ3) is 4.70. The fourth-order valence-electron chi connectivity index (χ4n) is 4.72. The molecule has 0 radical (unpaired) electrons. The largest absolute Gasteiger partial charge is 0.368 e. The minimum atomic E-state index is -3.57. The van der Waals surface area contributed by atoms with Gasteiger partial charge in [0.25, 0.3) is 0 Å². The lowest BCUT2D eigenvalue weighted by atomic mass is 10.1. The van der Waals surface area contributed by atoms with E-state index in [9.17, 15) is 8.42 Å². The minimum Gasteiger partial charge on any atom is -0.368 e. The van der Waals surface area contributed by atoms with Crippen molar-refractivity contribution in [2.75, 3.05) is 61.0 Å². The molecule has 1 fully saturated rings. The number of sulfonamides is 1. The number of anilines is 3. The highest BCUT2D eigenvalue weighted by atomic mass is 32.2. The molecule has 0 amide bonds. The lowest BCUT2D eigenvalue weighted by molar-refractivity contribution is 0.387. The lowest BCUT2D eigenvalue weighted by Crippen LogP contribution is -2.47. The third-order valence-electron chi connectivity index (χ3n) is 6.89. The van der Waals surface area contributed by atoms with Crippen LogP contribution in [0.1, 0.15) is 18.2 Å². The Hall–Kier alpha value is -3.17. The Kier molecular flexibility index (Phi) is 6.62. The molecule has 1 aromatic heterocycles. The summed E-state index contributed by atoms with van der Waals surface area (Å²) in [6, 6.07) is 19.1. The second-order valence-electron chi connectivity index (χ2n) is 9.00. The number of hydrogen-bond donors (Lipinski definition) is 0. The fraction of sp³-hybridized carbons (Fsp3) is 0.385. The first-order chi connectivity index (χ1) is 17.0. The molecule has 3 heterocycles. The monoisotopic (exact) mass is 492 g/mol. The molecular formula is C26H32N6O2S. The standard InChI is InChI=1S/C26H32N6O2S/c1-3-29(2)25-23-20-32(35(33,34)22-12-8-5-9-13-22)15-14-24(23)27-26(28-25)31-18-16-30(17-19-31)21-10-6-4-7-11-21/h4-13H,3,14-20H2,1-2H3. The van der Waals surface area contributed by atoms with Crippen molar-refractivity contribution in [3.63, 3.8) is 0 Å². The maximum Gasteiger partial charge on any atom is 0.243 e. The van der Waals surface area contributed by atoms with E-state index in [-0.39, 0.29) is 6.54 Å². The Bertz CT molecular complexity index is 1260. The van der Waals surface area contributed by atoms with Crippen LogP contribution < -0.4 is 14.7 Å². The molecule has 8 nitrogen and oxygen atoms in total. The van der Waals surface area contributed by atoms with Crippen molar-refractivity contribution in [3.05, 3.63) is 71.9 Å². The van der Waals surface area contributed by atoms with Crippen molar-refractivity contribution < 1.29 is 8.42 Å². The number of hydrogen-bond acceptors (Lipinski definition) is 7. The van der Waals surface area contributed by atoms with Crippen LogP contribution in [0.2, 0.25) is 0 Å². The van der Waals surface area contributed by atoms with E-state index in [0.717, 1.165) is 55.7 Å². The quantitative estimate of drug-likeness (QED) is 0.524. The molecule has 0 unspecified atom stereocenters. The van der Waals surface area contributed by atoms with Gasteiger partial charge in [0, 0.05) is 70.5 Å².